The van der Waals surface area contributed by atoms with Gasteiger partial charge in [0, 0.05) is 38.3 Å². The van der Waals surface area contributed by atoms with Crippen LogP contribution in [0.25, 0.3) is 0 Å². The van der Waals surface area contributed by atoms with Crippen LogP contribution in [0.5, 0.6) is 0 Å². The van der Waals surface area contributed by atoms with Crippen LogP contribution >= 0.6 is 0 Å². The average molecular weight is 408 g/mol. The van der Waals surface area contributed by atoms with Crippen LogP contribution in [-0.2, 0) is 19.6 Å². The zero-order valence-electron chi connectivity index (χ0n) is 16.6. The lowest BCUT2D eigenvalue weighted by Crippen LogP contribution is -2.45. The van der Waals surface area contributed by atoms with E-state index in [0.29, 0.717) is 44.8 Å². The van der Waals surface area contributed by atoms with Gasteiger partial charge in [0.25, 0.3) is 0 Å². The third kappa shape index (κ3) is 4.55. The molecule has 2 fully saturated rings. The van der Waals surface area contributed by atoms with Crippen LogP contribution in [0.15, 0.2) is 29.2 Å². The average Bonchev–Trinajstić information content (AvgIpc) is 3.12. The molecule has 0 radical (unpaired) electrons. The van der Waals surface area contributed by atoms with Crippen LogP contribution in [0, 0.1) is 11.8 Å². The van der Waals surface area contributed by atoms with Gasteiger partial charge >= 0.3 is 0 Å². The molecule has 0 saturated carbocycles. The molecule has 2 aliphatic heterocycles. The summed E-state index contributed by atoms with van der Waals surface area (Å²) in [5.74, 6) is 0.0375. The van der Waals surface area contributed by atoms with E-state index in [9.17, 15) is 18.0 Å². The largest absolute Gasteiger partial charge is 0.356 e. The highest BCUT2D eigenvalue weighted by molar-refractivity contribution is 7.89. The Morgan fingerprint density at radius 1 is 1.18 bits per heavy atom. The molecule has 8 heteroatoms. The van der Waals surface area contributed by atoms with Gasteiger partial charge in [-0.05, 0) is 49.4 Å². The Labute approximate surface area is 167 Å². The number of nitrogens with one attached hydrogen (secondary N) is 1. The number of benzene rings is 1. The number of carbonyl (C=O) groups is 2. The molecular formula is C20H29N3O4S. The number of sulfonamides is 1. The molecule has 0 bridgehead atoms. The van der Waals surface area contributed by atoms with E-state index in [1.807, 2.05) is 13.8 Å². The summed E-state index contributed by atoms with van der Waals surface area (Å²) in [7, 11) is -3.66. The molecule has 2 aliphatic rings. The Morgan fingerprint density at radius 3 is 2.50 bits per heavy atom. The van der Waals surface area contributed by atoms with Crippen molar-refractivity contribution in [2.75, 3.05) is 31.1 Å². The van der Waals surface area contributed by atoms with E-state index in [1.54, 1.807) is 29.2 Å². The van der Waals surface area contributed by atoms with Gasteiger partial charge in [0.1, 0.15) is 0 Å². The van der Waals surface area contributed by atoms with Crippen molar-refractivity contribution in [3.8, 4) is 0 Å². The van der Waals surface area contributed by atoms with Gasteiger partial charge in [-0.3, -0.25) is 9.59 Å². The van der Waals surface area contributed by atoms with Gasteiger partial charge in [-0.15, -0.1) is 0 Å². The monoisotopic (exact) mass is 407 g/mol. The second kappa shape index (κ2) is 8.61. The number of hydrogen-bond acceptors (Lipinski definition) is 4. The molecule has 1 unspecified atom stereocenters. The Hall–Kier alpha value is -1.93. The van der Waals surface area contributed by atoms with Crippen molar-refractivity contribution in [3.63, 3.8) is 0 Å². The smallest absolute Gasteiger partial charge is 0.243 e. The summed E-state index contributed by atoms with van der Waals surface area (Å²) in [6.45, 7) is 5.94. The predicted octanol–water partition coefficient (Wildman–Crippen LogP) is 1.99. The van der Waals surface area contributed by atoms with Gasteiger partial charge < -0.3 is 10.2 Å². The topological polar surface area (TPSA) is 86.8 Å². The second-order valence-corrected chi connectivity index (χ2v) is 9.92. The third-order valence-corrected chi connectivity index (χ3v) is 7.18. The summed E-state index contributed by atoms with van der Waals surface area (Å²) in [5, 5.41) is 2.91. The van der Waals surface area contributed by atoms with Crippen LogP contribution in [0.4, 0.5) is 5.69 Å². The van der Waals surface area contributed by atoms with E-state index in [4.69, 9.17) is 0 Å². The van der Waals surface area contributed by atoms with Crippen molar-refractivity contribution in [2.24, 2.45) is 11.8 Å². The summed E-state index contributed by atoms with van der Waals surface area (Å²) < 4.78 is 27.5. The number of rotatable bonds is 6. The van der Waals surface area contributed by atoms with Crippen molar-refractivity contribution in [1.29, 1.82) is 0 Å². The molecule has 1 aromatic carbocycles. The predicted molar refractivity (Wildman–Crippen MR) is 107 cm³/mol. The fourth-order valence-electron chi connectivity index (χ4n) is 3.69. The molecule has 3 rings (SSSR count). The molecule has 1 atom stereocenters. The maximum Gasteiger partial charge on any atom is 0.243 e. The minimum atomic E-state index is -3.66. The molecule has 0 aliphatic carbocycles. The number of amides is 2. The van der Waals surface area contributed by atoms with Crippen molar-refractivity contribution in [1.82, 2.24) is 9.62 Å². The van der Waals surface area contributed by atoms with E-state index in [-0.39, 0.29) is 29.2 Å². The van der Waals surface area contributed by atoms with Crippen molar-refractivity contribution in [3.05, 3.63) is 24.3 Å². The van der Waals surface area contributed by atoms with Crippen molar-refractivity contribution >= 4 is 27.5 Å². The van der Waals surface area contributed by atoms with Crippen LogP contribution < -0.4 is 10.2 Å². The number of carbonyl (C=O) groups excluding carboxylic acids is 2. The standard InChI is InChI=1S/C20H29N3O4S/c1-15(2)13-21-20(25)16-5-3-11-22(14-16)28(26,27)18-9-7-17(8-10-18)23-12-4-6-19(23)24/h7-10,15-16H,3-6,11-14H2,1-2H3,(H,21,25). The molecule has 154 valence electrons. The van der Waals surface area contributed by atoms with E-state index < -0.39 is 10.0 Å². The zero-order valence-corrected chi connectivity index (χ0v) is 17.4. The molecule has 2 amide bonds. The highest BCUT2D eigenvalue weighted by atomic mass is 32.2. The SMILES string of the molecule is CC(C)CNC(=O)C1CCCN(S(=O)(=O)c2ccc(N3CCCC3=O)cc2)C1. The Morgan fingerprint density at radius 2 is 1.89 bits per heavy atom. The minimum absolute atomic E-state index is 0.0712. The lowest BCUT2D eigenvalue weighted by Gasteiger charge is -2.31. The maximum absolute atomic E-state index is 13.0. The number of anilines is 1. The molecule has 7 nitrogen and oxygen atoms in total. The molecule has 0 spiro atoms. The third-order valence-electron chi connectivity index (χ3n) is 5.30. The Bertz CT molecular complexity index is 820. The van der Waals surface area contributed by atoms with Crippen LogP contribution in [0.1, 0.15) is 39.5 Å². The van der Waals surface area contributed by atoms with E-state index >= 15 is 0 Å². The molecule has 2 saturated heterocycles. The molecule has 0 aromatic heterocycles. The van der Waals surface area contributed by atoms with Gasteiger partial charge in [0.15, 0.2) is 0 Å². The number of nitrogens with zero attached hydrogens (tertiary/aromatic N) is 2. The Balaban J connectivity index is 1.69. The highest BCUT2D eigenvalue weighted by Gasteiger charge is 2.33. The van der Waals surface area contributed by atoms with Gasteiger partial charge in [-0.2, -0.15) is 4.31 Å². The summed E-state index contributed by atoms with van der Waals surface area (Å²) in [6.07, 6.45) is 2.73. The minimum Gasteiger partial charge on any atom is -0.356 e. The van der Waals surface area contributed by atoms with Crippen LogP contribution in [-0.4, -0.2) is 50.7 Å². The first-order valence-electron chi connectivity index (χ1n) is 9.97. The van der Waals surface area contributed by atoms with Crippen LogP contribution in [0.3, 0.4) is 0 Å². The molecule has 1 aromatic rings. The summed E-state index contributed by atoms with van der Waals surface area (Å²) in [5.41, 5.74) is 0.728. The van der Waals surface area contributed by atoms with Crippen molar-refractivity contribution in [2.45, 2.75) is 44.4 Å². The zero-order chi connectivity index (χ0) is 20.3. The molecule has 2 heterocycles. The van der Waals surface area contributed by atoms with Gasteiger partial charge in [-0.1, -0.05) is 13.8 Å². The first-order valence-corrected chi connectivity index (χ1v) is 11.4. The Kier molecular flexibility index (Phi) is 6.40. The quantitative estimate of drug-likeness (QED) is 0.781. The number of hydrogen-bond donors (Lipinski definition) is 1. The van der Waals surface area contributed by atoms with Crippen LogP contribution in [0.2, 0.25) is 0 Å². The fraction of sp³-hybridized carbons (Fsp3) is 0.600. The highest BCUT2D eigenvalue weighted by Crippen LogP contribution is 2.27. The van der Waals surface area contributed by atoms with Crippen molar-refractivity contribution < 1.29 is 18.0 Å². The molecule has 28 heavy (non-hydrogen) atoms. The first kappa shape index (κ1) is 20.8. The van der Waals surface area contributed by atoms with Gasteiger partial charge in [0.2, 0.25) is 21.8 Å². The summed E-state index contributed by atoms with van der Waals surface area (Å²) >= 11 is 0. The summed E-state index contributed by atoms with van der Waals surface area (Å²) in [6, 6.07) is 6.48. The summed E-state index contributed by atoms with van der Waals surface area (Å²) in [4.78, 5) is 26.1. The first-order chi connectivity index (χ1) is 13.3. The van der Waals surface area contributed by atoms with E-state index in [2.05, 4.69) is 5.32 Å². The van der Waals surface area contributed by atoms with E-state index in [1.165, 1.54) is 4.31 Å². The normalized spacial score (nSPS) is 21.3. The maximum atomic E-state index is 13.0. The fourth-order valence-corrected chi connectivity index (χ4v) is 5.22. The van der Waals surface area contributed by atoms with Gasteiger partial charge in [0.05, 0.1) is 10.8 Å². The lowest BCUT2D eigenvalue weighted by molar-refractivity contribution is -0.126. The van der Waals surface area contributed by atoms with Gasteiger partial charge in [-0.25, -0.2) is 8.42 Å². The number of piperidine rings is 1. The molecule has 1 N–H and O–H groups in total. The second-order valence-electron chi connectivity index (χ2n) is 7.98. The molecular weight excluding hydrogens is 378 g/mol. The lowest BCUT2D eigenvalue weighted by atomic mass is 9.98. The van der Waals surface area contributed by atoms with E-state index in [0.717, 1.165) is 12.1 Å².